The van der Waals surface area contributed by atoms with E-state index < -0.39 is 0 Å². The lowest BCUT2D eigenvalue weighted by atomic mass is 9.97. The monoisotopic (exact) mass is 195 g/mol. The normalized spacial score (nSPS) is 17.6. The van der Waals surface area contributed by atoms with Crippen molar-refractivity contribution in [2.75, 3.05) is 26.2 Å². The minimum absolute atomic E-state index is 0.379. The van der Waals surface area contributed by atoms with Crippen molar-refractivity contribution in [3.63, 3.8) is 0 Å². The third kappa shape index (κ3) is 2.94. The van der Waals surface area contributed by atoms with Gasteiger partial charge in [0.1, 0.15) is 0 Å². The zero-order valence-electron chi connectivity index (χ0n) is 8.39. The van der Waals surface area contributed by atoms with E-state index in [1.165, 1.54) is 0 Å². The molecule has 1 saturated heterocycles. The highest BCUT2D eigenvalue weighted by Crippen LogP contribution is 2.18. The number of piperidine rings is 1. The highest BCUT2D eigenvalue weighted by atomic mass is 15.2. The van der Waals surface area contributed by atoms with Gasteiger partial charge in [0.25, 0.3) is 0 Å². The van der Waals surface area contributed by atoms with Crippen molar-refractivity contribution in [2.24, 2.45) is 16.8 Å². The second kappa shape index (κ2) is 5.52. The fourth-order valence-corrected chi connectivity index (χ4v) is 1.70. The Morgan fingerprint density at radius 3 is 2.71 bits per heavy atom. The maximum atomic E-state index is 8.18. The van der Waals surface area contributed by atoms with Gasteiger partial charge in [-0.15, -0.1) is 0 Å². The van der Waals surface area contributed by atoms with E-state index in [4.69, 9.17) is 11.3 Å². The Morgan fingerprint density at radius 2 is 2.21 bits per heavy atom. The number of rotatable bonds is 4. The second-order valence-electron chi connectivity index (χ2n) is 3.62. The van der Waals surface area contributed by atoms with Crippen LogP contribution in [0.2, 0.25) is 0 Å². The number of nitrogens with two attached hydrogens (primary N) is 1. The molecule has 0 aliphatic carbocycles. The molecule has 1 aliphatic rings. The first-order chi connectivity index (χ1) is 6.77. The first kappa shape index (κ1) is 10.9. The van der Waals surface area contributed by atoms with Gasteiger partial charge in [0.15, 0.2) is 0 Å². The lowest BCUT2D eigenvalue weighted by molar-refractivity contribution is 0.229. The molecule has 5 heteroatoms. The highest BCUT2D eigenvalue weighted by Gasteiger charge is 2.18. The Morgan fingerprint density at radius 1 is 1.57 bits per heavy atom. The molecule has 78 valence electrons. The van der Waals surface area contributed by atoms with E-state index in [1.807, 2.05) is 0 Å². The molecule has 0 atom stereocenters. The molecule has 0 amide bonds. The summed E-state index contributed by atoms with van der Waals surface area (Å²) in [5.41, 5.74) is 14.7. The topological polar surface area (TPSA) is 78.0 Å². The average Bonchev–Trinajstić information content (AvgIpc) is 2.26. The first-order valence-corrected chi connectivity index (χ1v) is 4.91. The van der Waals surface area contributed by atoms with Gasteiger partial charge >= 0.3 is 0 Å². The Bertz CT molecular complexity index is 236. The van der Waals surface area contributed by atoms with Crippen LogP contribution in [0.5, 0.6) is 0 Å². The molecule has 0 bridgehead atoms. The van der Waals surface area contributed by atoms with Gasteiger partial charge in [0.2, 0.25) is 0 Å². The van der Waals surface area contributed by atoms with Crippen LogP contribution in [0.4, 0.5) is 0 Å². The minimum Gasteiger partial charge on any atom is -0.375 e. The van der Waals surface area contributed by atoms with E-state index in [2.05, 4.69) is 21.5 Å². The molecule has 1 fully saturated rings. The molecule has 0 spiro atoms. The molecule has 1 rings (SSSR count). The largest absolute Gasteiger partial charge is 0.375 e. The summed E-state index contributed by atoms with van der Waals surface area (Å²) in [5.74, 6) is 0.651. The van der Waals surface area contributed by atoms with Crippen LogP contribution in [0.3, 0.4) is 0 Å². The third-order valence-corrected chi connectivity index (χ3v) is 2.71. The van der Waals surface area contributed by atoms with Gasteiger partial charge in [-0.25, -0.2) is 0 Å². The van der Waals surface area contributed by atoms with Crippen LogP contribution < -0.4 is 5.73 Å². The summed E-state index contributed by atoms with van der Waals surface area (Å²) in [4.78, 5) is 4.90. The van der Waals surface area contributed by atoms with Crippen molar-refractivity contribution < 1.29 is 0 Å². The fourth-order valence-electron chi connectivity index (χ4n) is 1.70. The number of nitrogens with zero attached hydrogens (tertiary/aromatic N) is 4. The quantitative estimate of drug-likeness (QED) is 0.419. The molecule has 0 aromatic carbocycles. The van der Waals surface area contributed by atoms with Crippen LogP contribution in [0.1, 0.15) is 12.8 Å². The van der Waals surface area contributed by atoms with Crippen LogP contribution in [-0.4, -0.2) is 31.1 Å². The van der Waals surface area contributed by atoms with E-state index in [-0.39, 0.29) is 0 Å². The molecule has 0 saturated carbocycles. The predicted molar refractivity (Wildman–Crippen MR) is 56.5 cm³/mol. The van der Waals surface area contributed by atoms with Crippen LogP contribution in [0, 0.1) is 5.92 Å². The lowest BCUT2D eigenvalue weighted by Crippen LogP contribution is -2.35. The molecule has 5 nitrogen and oxygen atoms in total. The van der Waals surface area contributed by atoms with Crippen LogP contribution in [-0.2, 0) is 0 Å². The third-order valence-electron chi connectivity index (χ3n) is 2.71. The summed E-state index contributed by atoms with van der Waals surface area (Å²) < 4.78 is 0. The standard InChI is InChI=1S/C9H17N5/c1-8(7-12-13-11)14-4-2-9(6-10)3-5-14/h9H,1-7,10H2. The second-order valence-corrected chi connectivity index (χ2v) is 3.62. The number of hydrogen-bond donors (Lipinski definition) is 1. The van der Waals surface area contributed by atoms with Crippen molar-refractivity contribution in [3.05, 3.63) is 22.7 Å². The number of likely N-dealkylation sites (tertiary alicyclic amines) is 1. The predicted octanol–water partition coefficient (Wildman–Crippen LogP) is 1.48. The van der Waals surface area contributed by atoms with Gasteiger partial charge in [-0.3, -0.25) is 0 Å². The molecular formula is C9H17N5. The van der Waals surface area contributed by atoms with Gasteiger partial charge < -0.3 is 10.6 Å². The first-order valence-electron chi connectivity index (χ1n) is 4.91. The molecule has 14 heavy (non-hydrogen) atoms. The molecule has 1 heterocycles. The molecule has 2 N–H and O–H groups in total. The van der Waals surface area contributed by atoms with Crippen molar-refractivity contribution in [1.29, 1.82) is 0 Å². The van der Waals surface area contributed by atoms with Crippen molar-refractivity contribution in [1.82, 2.24) is 4.90 Å². The smallest absolute Gasteiger partial charge is 0.0654 e. The van der Waals surface area contributed by atoms with Gasteiger partial charge in [-0.2, -0.15) is 0 Å². The fraction of sp³-hybridized carbons (Fsp3) is 0.778. The maximum absolute atomic E-state index is 8.18. The molecule has 1 aliphatic heterocycles. The highest BCUT2D eigenvalue weighted by molar-refractivity contribution is 4.98. The zero-order chi connectivity index (χ0) is 10.4. The summed E-state index contributed by atoms with van der Waals surface area (Å²) in [6.45, 7) is 7.03. The van der Waals surface area contributed by atoms with Crippen molar-refractivity contribution >= 4 is 0 Å². The van der Waals surface area contributed by atoms with Crippen molar-refractivity contribution in [3.8, 4) is 0 Å². The summed E-state index contributed by atoms with van der Waals surface area (Å²) in [6.07, 6.45) is 2.23. The SMILES string of the molecule is C=C(CN=[N+]=[N-])N1CCC(CN)CC1. The van der Waals surface area contributed by atoms with Crippen molar-refractivity contribution in [2.45, 2.75) is 12.8 Å². The van der Waals surface area contributed by atoms with Gasteiger partial charge in [0, 0.05) is 23.7 Å². The molecule has 0 aromatic rings. The summed E-state index contributed by atoms with van der Waals surface area (Å²) in [5, 5.41) is 3.50. The van der Waals surface area contributed by atoms with E-state index in [1.54, 1.807) is 0 Å². The number of hydrogen-bond acceptors (Lipinski definition) is 3. The van der Waals surface area contributed by atoms with E-state index in [0.717, 1.165) is 38.2 Å². The Kier molecular flexibility index (Phi) is 4.29. The van der Waals surface area contributed by atoms with Crippen LogP contribution >= 0.6 is 0 Å². The number of azide groups is 1. The molecule has 0 unspecified atom stereocenters. The zero-order valence-corrected chi connectivity index (χ0v) is 8.39. The van der Waals surface area contributed by atoms with E-state index in [9.17, 15) is 0 Å². The Hall–Kier alpha value is -1.19. The molecule has 0 aromatic heterocycles. The minimum atomic E-state index is 0.379. The summed E-state index contributed by atoms with van der Waals surface area (Å²) in [7, 11) is 0. The summed E-state index contributed by atoms with van der Waals surface area (Å²) in [6, 6.07) is 0. The van der Waals surface area contributed by atoms with Gasteiger partial charge in [0.05, 0.1) is 6.54 Å². The van der Waals surface area contributed by atoms with E-state index >= 15 is 0 Å². The molecule has 0 radical (unpaired) electrons. The van der Waals surface area contributed by atoms with Gasteiger partial charge in [-0.05, 0) is 30.8 Å². The van der Waals surface area contributed by atoms with Crippen LogP contribution in [0.25, 0.3) is 10.4 Å². The van der Waals surface area contributed by atoms with Crippen LogP contribution in [0.15, 0.2) is 17.4 Å². The Balaban J connectivity index is 2.33. The maximum Gasteiger partial charge on any atom is 0.0654 e. The van der Waals surface area contributed by atoms with Gasteiger partial charge in [-0.1, -0.05) is 11.7 Å². The Labute approximate surface area is 84.2 Å². The summed E-state index contributed by atoms with van der Waals surface area (Å²) >= 11 is 0. The lowest BCUT2D eigenvalue weighted by Gasteiger charge is -2.33. The molecular weight excluding hydrogens is 178 g/mol. The van der Waals surface area contributed by atoms with E-state index in [0.29, 0.717) is 12.5 Å². The average molecular weight is 195 g/mol.